The Kier molecular flexibility index (Phi) is 7.39. The highest BCUT2D eigenvalue weighted by Crippen LogP contribution is 1.87. The van der Waals surface area contributed by atoms with Gasteiger partial charge in [0.05, 0.1) is 13.2 Å². The van der Waals surface area contributed by atoms with Gasteiger partial charge in [-0.25, -0.2) is 9.59 Å². The van der Waals surface area contributed by atoms with Crippen molar-refractivity contribution in [1.82, 2.24) is 0 Å². The first-order valence-electron chi connectivity index (χ1n) is 4.05. The van der Waals surface area contributed by atoms with Crippen LogP contribution in [0.1, 0.15) is 13.8 Å². The molecule has 0 aromatic rings. The minimum atomic E-state index is -0.791. The fourth-order valence-corrected chi connectivity index (χ4v) is 0.426. The summed E-state index contributed by atoms with van der Waals surface area (Å²) in [5.74, 6) is -1.58. The maximum Gasteiger partial charge on any atom is 0.366 e. The van der Waals surface area contributed by atoms with Gasteiger partial charge in [-0.3, -0.25) is 9.78 Å². The molecule has 6 nitrogen and oxygen atoms in total. The first-order chi connectivity index (χ1) is 6.70. The lowest BCUT2D eigenvalue weighted by Gasteiger charge is -1.97. The second-order valence-corrected chi connectivity index (χ2v) is 1.95. The molecule has 0 radical (unpaired) electrons. The molecule has 0 heterocycles. The van der Waals surface area contributed by atoms with Crippen molar-refractivity contribution >= 4 is 11.9 Å². The molecule has 0 aromatic heterocycles. The van der Waals surface area contributed by atoms with E-state index in [0.29, 0.717) is 0 Å². The van der Waals surface area contributed by atoms with Gasteiger partial charge in [-0.1, -0.05) is 0 Å². The zero-order valence-electron chi connectivity index (χ0n) is 8.02. The number of rotatable bonds is 6. The van der Waals surface area contributed by atoms with Crippen LogP contribution in [0.3, 0.4) is 0 Å². The molecule has 0 rings (SSSR count). The van der Waals surface area contributed by atoms with Crippen molar-refractivity contribution in [3.63, 3.8) is 0 Å². The minimum absolute atomic E-state index is 0.239. The van der Waals surface area contributed by atoms with Crippen molar-refractivity contribution in [1.29, 1.82) is 0 Å². The predicted molar refractivity (Wildman–Crippen MR) is 44.6 cm³/mol. The van der Waals surface area contributed by atoms with E-state index in [-0.39, 0.29) is 13.2 Å². The summed E-state index contributed by atoms with van der Waals surface area (Å²) in [5.41, 5.74) is 0. The predicted octanol–water partition coefficient (Wildman–Crippen LogP) is 0.532. The summed E-state index contributed by atoms with van der Waals surface area (Å²) in [5, 5.41) is 0. The van der Waals surface area contributed by atoms with Crippen LogP contribution in [0.4, 0.5) is 0 Å². The van der Waals surface area contributed by atoms with E-state index >= 15 is 0 Å². The van der Waals surface area contributed by atoms with E-state index in [4.69, 9.17) is 0 Å². The molecule has 0 bridgehead atoms. The largest absolute Gasteiger partial charge is 0.366 e. The van der Waals surface area contributed by atoms with Crippen molar-refractivity contribution in [2.24, 2.45) is 0 Å². The highest BCUT2D eigenvalue weighted by molar-refractivity contribution is 5.91. The molecule has 0 fully saturated rings. The Morgan fingerprint density at radius 3 is 1.57 bits per heavy atom. The molecule has 0 unspecified atom stereocenters. The second-order valence-electron chi connectivity index (χ2n) is 1.95. The Hall–Kier alpha value is -1.40. The van der Waals surface area contributed by atoms with E-state index in [1.165, 1.54) is 0 Å². The summed E-state index contributed by atoms with van der Waals surface area (Å²) < 4.78 is 0. The van der Waals surface area contributed by atoms with E-state index in [1.807, 2.05) is 0 Å². The lowest BCUT2D eigenvalue weighted by molar-refractivity contribution is -0.266. The van der Waals surface area contributed by atoms with Gasteiger partial charge < -0.3 is 0 Å². The molecule has 0 aromatic carbocycles. The highest BCUT2D eigenvalue weighted by Gasteiger charge is 2.01. The molecule has 0 spiro atoms. The van der Waals surface area contributed by atoms with Crippen LogP contribution in [0.5, 0.6) is 0 Å². The highest BCUT2D eigenvalue weighted by atomic mass is 17.2. The second kappa shape index (κ2) is 8.21. The third kappa shape index (κ3) is 7.26. The van der Waals surface area contributed by atoms with Gasteiger partial charge in [0.2, 0.25) is 0 Å². The van der Waals surface area contributed by atoms with Crippen molar-refractivity contribution in [2.75, 3.05) is 13.2 Å². The van der Waals surface area contributed by atoms with Crippen LogP contribution in [0, 0.1) is 0 Å². The lowest BCUT2D eigenvalue weighted by atomic mass is 10.5. The quantitative estimate of drug-likeness (QED) is 0.357. The standard InChI is InChI=1S/C8H12O6/c1-3-11-13-7(9)5-6-8(10)14-12-4-2/h5-6H,3-4H2,1-2H3/b6-5+. The Morgan fingerprint density at radius 2 is 1.29 bits per heavy atom. The van der Waals surface area contributed by atoms with Gasteiger partial charge in [0.25, 0.3) is 0 Å². The van der Waals surface area contributed by atoms with Crippen LogP contribution in [0.15, 0.2) is 12.2 Å². The molecular formula is C8H12O6. The topological polar surface area (TPSA) is 71.1 Å². The van der Waals surface area contributed by atoms with Crippen LogP contribution < -0.4 is 0 Å². The molecule has 0 saturated heterocycles. The molecule has 14 heavy (non-hydrogen) atoms. The summed E-state index contributed by atoms with van der Waals surface area (Å²) in [4.78, 5) is 38.4. The molecule has 0 amide bonds. The molecule has 80 valence electrons. The third-order valence-corrected chi connectivity index (χ3v) is 0.873. The minimum Gasteiger partial charge on any atom is -0.294 e. The average Bonchev–Trinajstić information content (AvgIpc) is 2.20. The maximum atomic E-state index is 10.7. The van der Waals surface area contributed by atoms with Crippen LogP contribution in [-0.2, 0) is 29.1 Å². The molecule has 0 aliphatic carbocycles. The van der Waals surface area contributed by atoms with Gasteiger partial charge in [0.15, 0.2) is 0 Å². The number of hydrogen-bond donors (Lipinski definition) is 0. The van der Waals surface area contributed by atoms with Crippen LogP contribution in [-0.4, -0.2) is 25.2 Å². The van der Waals surface area contributed by atoms with E-state index in [0.717, 1.165) is 12.2 Å². The molecule has 0 N–H and O–H groups in total. The van der Waals surface area contributed by atoms with Crippen LogP contribution >= 0.6 is 0 Å². The van der Waals surface area contributed by atoms with Gasteiger partial charge in [-0.15, -0.1) is 0 Å². The summed E-state index contributed by atoms with van der Waals surface area (Å²) >= 11 is 0. The third-order valence-electron chi connectivity index (χ3n) is 0.873. The Bertz CT molecular complexity index is 188. The number of hydrogen-bond acceptors (Lipinski definition) is 6. The fourth-order valence-electron chi connectivity index (χ4n) is 0.426. The van der Waals surface area contributed by atoms with E-state index in [9.17, 15) is 9.59 Å². The fraction of sp³-hybridized carbons (Fsp3) is 0.500. The average molecular weight is 204 g/mol. The normalized spacial score (nSPS) is 10.1. The van der Waals surface area contributed by atoms with E-state index in [2.05, 4.69) is 19.6 Å². The van der Waals surface area contributed by atoms with Gasteiger partial charge in [0.1, 0.15) is 0 Å². The molecule has 0 aliphatic rings. The van der Waals surface area contributed by atoms with Crippen molar-refractivity contribution < 1.29 is 29.1 Å². The van der Waals surface area contributed by atoms with E-state index < -0.39 is 11.9 Å². The summed E-state index contributed by atoms with van der Waals surface area (Å²) in [6, 6.07) is 0. The molecular weight excluding hydrogens is 192 g/mol. The molecule has 0 saturated carbocycles. The maximum absolute atomic E-state index is 10.7. The Balaban J connectivity index is 3.68. The number of carbonyl (C=O) groups is 2. The zero-order chi connectivity index (χ0) is 10.8. The van der Waals surface area contributed by atoms with E-state index in [1.54, 1.807) is 13.8 Å². The molecule has 0 atom stereocenters. The Labute approximate surface area is 81.2 Å². The van der Waals surface area contributed by atoms with Crippen LogP contribution in [0.25, 0.3) is 0 Å². The zero-order valence-corrected chi connectivity index (χ0v) is 8.02. The first-order valence-corrected chi connectivity index (χ1v) is 4.05. The van der Waals surface area contributed by atoms with Gasteiger partial charge in [-0.2, -0.15) is 9.78 Å². The lowest BCUT2D eigenvalue weighted by Crippen LogP contribution is -2.05. The van der Waals surface area contributed by atoms with Crippen molar-refractivity contribution in [3.8, 4) is 0 Å². The molecule has 0 aliphatic heterocycles. The summed E-state index contributed by atoms with van der Waals surface area (Å²) in [7, 11) is 0. The van der Waals surface area contributed by atoms with Crippen molar-refractivity contribution in [3.05, 3.63) is 12.2 Å². The van der Waals surface area contributed by atoms with Gasteiger partial charge >= 0.3 is 11.9 Å². The Morgan fingerprint density at radius 1 is 0.929 bits per heavy atom. The van der Waals surface area contributed by atoms with Gasteiger partial charge in [0, 0.05) is 12.2 Å². The summed E-state index contributed by atoms with van der Waals surface area (Å²) in [6.07, 6.45) is 1.74. The SMILES string of the molecule is CCOOC(=O)/C=C/C(=O)OOCC. The first kappa shape index (κ1) is 12.6. The monoisotopic (exact) mass is 204 g/mol. The number of carbonyl (C=O) groups excluding carboxylic acids is 2. The van der Waals surface area contributed by atoms with Crippen LogP contribution in [0.2, 0.25) is 0 Å². The smallest absolute Gasteiger partial charge is 0.294 e. The molecule has 6 heteroatoms. The summed E-state index contributed by atoms with van der Waals surface area (Å²) in [6.45, 7) is 3.78. The van der Waals surface area contributed by atoms with Gasteiger partial charge in [-0.05, 0) is 13.8 Å². The van der Waals surface area contributed by atoms with Crippen molar-refractivity contribution in [2.45, 2.75) is 13.8 Å².